The van der Waals surface area contributed by atoms with Crippen LogP contribution in [0.2, 0.25) is 0 Å². The zero-order valence-corrected chi connectivity index (χ0v) is 22.1. The normalized spacial score (nSPS) is 12.1. The average Bonchev–Trinajstić information content (AvgIpc) is 3.33. The van der Waals surface area contributed by atoms with Crippen LogP contribution in [0, 0.1) is 0 Å². The molecule has 1 heterocycles. The molecule has 0 aliphatic carbocycles. The van der Waals surface area contributed by atoms with Crippen molar-refractivity contribution >= 4 is 12.1 Å². The summed E-state index contributed by atoms with van der Waals surface area (Å²) in [6, 6.07) is 17.4. The molecule has 0 fully saturated rings. The number of aryl methyl sites for hydroxylation is 1. The Balaban J connectivity index is 1.37. The quantitative estimate of drug-likeness (QED) is 0.251. The first-order valence-electron chi connectivity index (χ1n) is 12.6. The Morgan fingerprint density at radius 3 is 2.43 bits per heavy atom. The van der Waals surface area contributed by atoms with Crippen molar-refractivity contribution in [3.63, 3.8) is 0 Å². The van der Waals surface area contributed by atoms with Gasteiger partial charge in [0.05, 0.1) is 12.2 Å². The van der Waals surface area contributed by atoms with E-state index in [1.54, 1.807) is 0 Å². The second-order valence-corrected chi connectivity index (χ2v) is 9.89. The van der Waals surface area contributed by atoms with Gasteiger partial charge in [-0.05, 0) is 57.2 Å². The topological polar surface area (TPSA) is 91.7 Å². The van der Waals surface area contributed by atoms with Crippen LogP contribution in [0.5, 0.6) is 0 Å². The van der Waals surface area contributed by atoms with Crippen molar-refractivity contribution in [2.75, 3.05) is 13.2 Å². The highest BCUT2D eigenvalue weighted by molar-refractivity contribution is 5.71. The third kappa shape index (κ3) is 10.1. The number of hydrogen-bond acceptors (Lipinski definition) is 6. The van der Waals surface area contributed by atoms with Crippen molar-refractivity contribution in [3.05, 3.63) is 78.1 Å². The van der Waals surface area contributed by atoms with Gasteiger partial charge >= 0.3 is 12.1 Å². The molecule has 1 aromatic heterocycles. The highest BCUT2D eigenvalue weighted by Gasteiger charge is 2.16. The highest BCUT2D eigenvalue weighted by atomic mass is 16.6. The number of unbranched alkanes of at least 4 members (excludes halogenated alkanes) is 1. The van der Waals surface area contributed by atoms with Crippen molar-refractivity contribution in [1.82, 2.24) is 15.1 Å². The second kappa shape index (κ2) is 13.6. The van der Waals surface area contributed by atoms with Gasteiger partial charge in [0.1, 0.15) is 18.8 Å². The lowest BCUT2D eigenvalue weighted by atomic mass is 10.0. The van der Waals surface area contributed by atoms with Crippen LogP contribution < -0.4 is 5.32 Å². The Bertz CT molecular complexity index is 1120. The molecule has 0 saturated heterocycles. The van der Waals surface area contributed by atoms with Crippen LogP contribution in [0.1, 0.15) is 57.7 Å². The summed E-state index contributed by atoms with van der Waals surface area (Å²) in [6.07, 6.45) is 5.12. The molecule has 0 aliphatic heterocycles. The number of esters is 1. The third-order valence-electron chi connectivity index (χ3n) is 5.49. The molecule has 3 aromatic rings. The predicted octanol–water partition coefficient (Wildman–Crippen LogP) is 5.68. The fourth-order valence-electron chi connectivity index (χ4n) is 3.63. The van der Waals surface area contributed by atoms with Crippen LogP contribution >= 0.6 is 0 Å². The number of rotatable bonds is 12. The molecule has 198 valence electrons. The second-order valence-electron chi connectivity index (χ2n) is 9.89. The van der Waals surface area contributed by atoms with E-state index in [0.29, 0.717) is 6.61 Å². The van der Waals surface area contributed by atoms with Crippen molar-refractivity contribution < 1.29 is 23.8 Å². The van der Waals surface area contributed by atoms with Crippen LogP contribution in [0.25, 0.3) is 11.1 Å². The first-order chi connectivity index (χ1) is 17.7. The fourth-order valence-corrected chi connectivity index (χ4v) is 3.63. The summed E-state index contributed by atoms with van der Waals surface area (Å²) in [5.74, 6) is -0.344. The van der Waals surface area contributed by atoms with E-state index in [-0.39, 0.29) is 25.2 Å². The predicted molar refractivity (Wildman–Crippen MR) is 142 cm³/mol. The number of carbonyl (C=O) groups excluding carboxylic acids is 2. The van der Waals surface area contributed by atoms with Gasteiger partial charge in [0.15, 0.2) is 0 Å². The molecule has 0 bridgehead atoms. The Morgan fingerprint density at radius 2 is 1.73 bits per heavy atom. The molecule has 37 heavy (non-hydrogen) atoms. The number of nitrogens with zero attached hydrogens (tertiary/aromatic N) is 2. The summed E-state index contributed by atoms with van der Waals surface area (Å²) in [7, 11) is 0. The Labute approximate surface area is 218 Å². The number of benzene rings is 2. The van der Waals surface area contributed by atoms with E-state index in [0.717, 1.165) is 41.6 Å². The van der Waals surface area contributed by atoms with E-state index < -0.39 is 11.7 Å². The summed E-state index contributed by atoms with van der Waals surface area (Å²) in [4.78, 5) is 23.8. The molecule has 8 heteroatoms. The van der Waals surface area contributed by atoms with E-state index >= 15 is 0 Å². The van der Waals surface area contributed by atoms with Crippen molar-refractivity contribution in [1.29, 1.82) is 0 Å². The lowest BCUT2D eigenvalue weighted by Crippen LogP contribution is -2.27. The number of aromatic nitrogens is 2. The minimum atomic E-state index is -0.496. The minimum absolute atomic E-state index is 0.0256. The average molecular weight is 508 g/mol. The molecule has 0 spiro atoms. The van der Waals surface area contributed by atoms with E-state index in [1.165, 1.54) is 0 Å². The summed E-state index contributed by atoms with van der Waals surface area (Å²) in [5.41, 5.74) is 3.51. The molecule has 0 saturated carbocycles. The van der Waals surface area contributed by atoms with Crippen molar-refractivity contribution in [3.8, 4) is 11.1 Å². The van der Waals surface area contributed by atoms with Gasteiger partial charge in [-0.25, -0.2) is 9.59 Å². The standard InChI is InChI=1S/C29H37N3O5/c1-22(31-28(34)36-20-23-10-6-5-7-11-23)24-12-14-25(15-13-24)26-18-30-32(19-26)16-8-9-17-35-21-27(33)37-29(2,3)4/h5-7,10-15,18-19,22H,8-9,16-17,20-21H2,1-4H3,(H,31,34)/t22-/m1/s1. The largest absolute Gasteiger partial charge is 0.458 e. The van der Waals surface area contributed by atoms with Gasteiger partial charge in [0.2, 0.25) is 0 Å². The Hall–Kier alpha value is -3.65. The first-order valence-corrected chi connectivity index (χ1v) is 12.6. The van der Waals surface area contributed by atoms with E-state index in [4.69, 9.17) is 14.2 Å². The van der Waals surface area contributed by atoms with E-state index in [9.17, 15) is 9.59 Å². The lowest BCUT2D eigenvalue weighted by molar-refractivity contribution is -0.160. The molecule has 0 aliphatic rings. The number of ether oxygens (including phenoxy) is 3. The molecule has 0 unspecified atom stereocenters. The van der Waals surface area contributed by atoms with E-state index in [2.05, 4.69) is 10.4 Å². The van der Waals surface area contributed by atoms with Crippen LogP contribution in [-0.4, -0.2) is 40.7 Å². The van der Waals surface area contributed by atoms with Crippen LogP contribution in [0.3, 0.4) is 0 Å². The molecular weight excluding hydrogens is 470 g/mol. The van der Waals surface area contributed by atoms with Gasteiger partial charge in [-0.1, -0.05) is 54.6 Å². The zero-order chi connectivity index (χ0) is 26.7. The molecular formula is C29H37N3O5. The van der Waals surface area contributed by atoms with Crippen molar-refractivity contribution in [2.24, 2.45) is 0 Å². The maximum Gasteiger partial charge on any atom is 0.407 e. The molecule has 2 aromatic carbocycles. The number of hydrogen-bond donors (Lipinski definition) is 1. The molecule has 0 radical (unpaired) electrons. The van der Waals surface area contributed by atoms with Crippen LogP contribution in [-0.2, 0) is 32.2 Å². The first kappa shape index (κ1) is 27.9. The number of nitrogens with one attached hydrogen (secondary N) is 1. The molecule has 1 atom stereocenters. The SMILES string of the molecule is C[C@@H](NC(=O)OCc1ccccc1)c1ccc(-c2cnn(CCCCOCC(=O)OC(C)(C)C)c2)cc1. The van der Waals surface area contributed by atoms with Crippen LogP contribution in [0.4, 0.5) is 4.79 Å². The molecule has 1 amide bonds. The molecule has 8 nitrogen and oxygen atoms in total. The van der Waals surface area contributed by atoms with Crippen LogP contribution in [0.15, 0.2) is 67.0 Å². The highest BCUT2D eigenvalue weighted by Crippen LogP contribution is 2.22. The number of carbonyl (C=O) groups is 2. The number of alkyl carbamates (subject to hydrolysis) is 1. The third-order valence-corrected chi connectivity index (χ3v) is 5.49. The summed E-state index contributed by atoms with van der Waals surface area (Å²) >= 11 is 0. The molecule has 1 N–H and O–H groups in total. The Kier molecular flexibility index (Phi) is 10.3. The van der Waals surface area contributed by atoms with Gasteiger partial charge < -0.3 is 19.5 Å². The summed E-state index contributed by atoms with van der Waals surface area (Å²) in [5, 5.41) is 7.32. The summed E-state index contributed by atoms with van der Waals surface area (Å²) < 4.78 is 17.8. The Morgan fingerprint density at radius 1 is 1.00 bits per heavy atom. The van der Waals surface area contributed by atoms with Gasteiger partial charge in [-0.3, -0.25) is 4.68 Å². The smallest absolute Gasteiger partial charge is 0.407 e. The van der Waals surface area contributed by atoms with Gasteiger partial charge in [0.25, 0.3) is 0 Å². The van der Waals surface area contributed by atoms with Gasteiger partial charge in [-0.15, -0.1) is 0 Å². The monoisotopic (exact) mass is 507 g/mol. The number of amides is 1. The maximum atomic E-state index is 12.1. The van der Waals surface area contributed by atoms with Gasteiger partial charge in [0, 0.05) is 24.9 Å². The lowest BCUT2D eigenvalue weighted by Gasteiger charge is -2.19. The summed E-state index contributed by atoms with van der Waals surface area (Å²) in [6.45, 7) is 8.91. The minimum Gasteiger partial charge on any atom is -0.458 e. The van der Waals surface area contributed by atoms with E-state index in [1.807, 2.05) is 99.4 Å². The zero-order valence-electron chi connectivity index (χ0n) is 22.1. The van der Waals surface area contributed by atoms with Crippen molar-refractivity contribution in [2.45, 2.75) is 65.3 Å². The fraction of sp³-hybridized carbons (Fsp3) is 0.414. The molecule has 3 rings (SSSR count). The van der Waals surface area contributed by atoms with Gasteiger partial charge in [-0.2, -0.15) is 5.10 Å². The maximum absolute atomic E-state index is 12.1.